The van der Waals surface area contributed by atoms with Crippen LogP contribution in [0.5, 0.6) is 0 Å². The van der Waals surface area contributed by atoms with Gasteiger partial charge in [-0.15, -0.1) is 12.4 Å². The molecule has 1 aliphatic heterocycles. The van der Waals surface area contributed by atoms with E-state index in [1.165, 1.54) is 0 Å². The Morgan fingerprint density at radius 1 is 1.44 bits per heavy atom. The molecule has 2 N–H and O–H groups in total. The van der Waals surface area contributed by atoms with Gasteiger partial charge in [0.15, 0.2) is 0 Å². The molecule has 0 bridgehead atoms. The minimum Gasteiger partial charge on any atom is -0.444 e. The molecule has 16 heavy (non-hydrogen) atoms. The van der Waals surface area contributed by atoms with Gasteiger partial charge in [-0.25, -0.2) is 9.18 Å². The lowest BCUT2D eigenvalue weighted by Gasteiger charge is -2.28. The summed E-state index contributed by atoms with van der Waals surface area (Å²) in [5.41, 5.74) is -0.513. The van der Waals surface area contributed by atoms with Gasteiger partial charge in [0, 0.05) is 25.6 Å². The van der Waals surface area contributed by atoms with E-state index in [1.54, 1.807) is 20.8 Å². The number of amides is 1. The van der Waals surface area contributed by atoms with Crippen molar-refractivity contribution in [3.8, 4) is 0 Å². The first-order chi connectivity index (χ1) is 6.87. The maximum Gasteiger partial charge on any atom is 0.407 e. The first-order valence-corrected chi connectivity index (χ1v) is 5.21. The van der Waals surface area contributed by atoms with Gasteiger partial charge in [-0.3, -0.25) is 0 Å². The Labute approximate surface area is 102 Å². The van der Waals surface area contributed by atoms with Crippen molar-refractivity contribution in [3.63, 3.8) is 0 Å². The standard InChI is InChI=1S/C10H19FN2O2.ClH/c1-10(2,3)15-9(14)13-8-4-7(11)5-12-6-8;/h7-8,12H,4-6H2,1-3H3,(H,13,14);1H. The average Bonchev–Trinajstić information content (AvgIpc) is 1.99. The number of hydrogen-bond acceptors (Lipinski definition) is 3. The molecule has 1 heterocycles. The summed E-state index contributed by atoms with van der Waals surface area (Å²) in [6.07, 6.45) is -1.02. The average molecular weight is 255 g/mol. The van der Waals surface area contributed by atoms with E-state index >= 15 is 0 Å². The molecule has 0 spiro atoms. The van der Waals surface area contributed by atoms with Crippen LogP contribution in [0.3, 0.4) is 0 Å². The molecule has 0 aliphatic carbocycles. The predicted molar refractivity (Wildman–Crippen MR) is 62.8 cm³/mol. The second-order valence-corrected chi connectivity index (χ2v) is 4.83. The molecule has 1 amide bonds. The third kappa shape index (κ3) is 6.12. The van der Waals surface area contributed by atoms with Crippen molar-refractivity contribution in [2.75, 3.05) is 13.1 Å². The Kier molecular flexibility index (Phi) is 6.04. The number of alkyl carbamates (subject to hydrolysis) is 1. The summed E-state index contributed by atoms with van der Waals surface area (Å²) in [6, 6.07) is -0.177. The fourth-order valence-electron chi connectivity index (χ4n) is 1.47. The highest BCUT2D eigenvalue weighted by Crippen LogP contribution is 2.09. The van der Waals surface area contributed by atoms with Gasteiger partial charge in [0.2, 0.25) is 0 Å². The summed E-state index contributed by atoms with van der Waals surface area (Å²) in [6.45, 7) is 6.35. The minimum atomic E-state index is -0.890. The number of ether oxygens (including phenoxy) is 1. The smallest absolute Gasteiger partial charge is 0.407 e. The second kappa shape index (κ2) is 6.25. The van der Waals surface area contributed by atoms with Crippen LogP contribution in [-0.2, 0) is 4.74 Å². The molecule has 4 nitrogen and oxygen atoms in total. The lowest BCUT2D eigenvalue weighted by Crippen LogP contribution is -2.50. The number of carbonyl (C=O) groups excluding carboxylic acids is 1. The number of rotatable bonds is 1. The van der Waals surface area contributed by atoms with Gasteiger partial charge >= 0.3 is 6.09 Å². The minimum absolute atomic E-state index is 0. The van der Waals surface area contributed by atoms with Crippen molar-refractivity contribution < 1.29 is 13.9 Å². The largest absolute Gasteiger partial charge is 0.444 e. The SMILES string of the molecule is CC(C)(C)OC(=O)NC1CNCC(F)C1.Cl. The Hall–Kier alpha value is -0.550. The molecule has 0 saturated carbocycles. The van der Waals surface area contributed by atoms with Gasteiger partial charge in [-0.05, 0) is 20.8 Å². The van der Waals surface area contributed by atoms with Crippen molar-refractivity contribution >= 4 is 18.5 Å². The Balaban J connectivity index is 0.00000225. The zero-order chi connectivity index (χ0) is 11.5. The fraction of sp³-hybridized carbons (Fsp3) is 0.900. The summed E-state index contributed by atoms with van der Waals surface area (Å²) in [4.78, 5) is 11.4. The van der Waals surface area contributed by atoms with Gasteiger partial charge in [0.05, 0.1) is 0 Å². The maximum atomic E-state index is 13.0. The van der Waals surface area contributed by atoms with E-state index in [0.29, 0.717) is 19.5 Å². The van der Waals surface area contributed by atoms with Crippen LogP contribution in [0.25, 0.3) is 0 Å². The fourth-order valence-corrected chi connectivity index (χ4v) is 1.47. The molecule has 0 aromatic carbocycles. The molecule has 1 fully saturated rings. The van der Waals surface area contributed by atoms with Crippen LogP contribution in [0, 0.1) is 0 Å². The maximum absolute atomic E-state index is 13.0. The lowest BCUT2D eigenvalue weighted by molar-refractivity contribution is 0.0486. The number of piperidine rings is 1. The first-order valence-electron chi connectivity index (χ1n) is 5.21. The Bertz CT molecular complexity index is 233. The van der Waals surface area contributed by atoms with Gasteiger partial charge in [-0.1, -0.05) is 0 Å². The van der Waals surface area contributed by atoms with Crippen LogP contribution in [0.4, 0.5) is 9.18 Å². The molecule has 0 aromatic rings. The van der Waals surface area contributed by atoms with Crippen LogP contribution < -0.4 is 10.6 Å². The summed E-state index contributed by atoms with van der Waals surface area (Å²) >= 11 is 0. The highest BCUT2D eigenvalue weighted by molar-refractivity contribution is 5.85. The van der Waals surface area contributed by atoms with Crippen molar-refractivity contribution in [3.05, 3.63) is 0 Å². The third-order valence-corrected chi connectivity index (χ3v) is 2.02. The van der Waals surface area contributed by atoms with E-state index in [2.05, 4.69) is 10.6 Å². The zero-order valence-electron chi connectivity index (χ0n) is 9.88. The Morgan fingerprint density at radius 2 is 2.06 bits per heavy atom. The molecular formula is C10H20ClFN2O2. The molecule has 1 saturated heterocycles. The first kappa shape index (κ1) is 15.4. The lowest BCUT2D eigenvalue weighted by atomic mass is 10.1. The van der Waals surface area contributed by atoms with Gasteiger partial charge < -0.3 is 15.4 Å². The highest BCUT2D eigenvalue weighted by atomic mass is 35.5. The normalized spacial score (nSPS) is 25.5. The molecule has 6 heteroatoms. The monoisotopic (exact) mass is 254 g/mol. The van der Waals surface area contributed by atoms with Gasteiger partial charge in [0.25, 0.3) is 0 Å². The number of hydrogen-bond donors (Lipinski definition) is 2. The van der Waals surface area contributed by atoms with Gasteiger partial charge in [-0.2, -0.15) is 0 Å². The molecular weight excluding hydrogens is 235 g/mol. The Morgan fingerprint density at radius 3 is 2.56 bits per heavy atom. The second-order valence-electron chi connectivity index (χ2n) is 4.83. The van der Waals surface area contributed by atoms with Crippen molar-refractivity contribution in [1.29, 1.82) is 0 Å². The number of alkyl halides is 1. The summed E-state index contributed by atoms with van der Waals surface area (Å²) in [5, 5.41) is 5.55. The number of nitrogens with one attached hydrogen (secondary N) is 2. The van der Waals surface area contributed by atoms with Crippen molar-refractivity contribution in [2.24, 2.45) is 0 Å². The zero-order valence-corrected chi connectivity index (χ0v) is 10.7. The van der Waals surface area contributed by atoms with Crippen LogP contribution in [0.1, 0.15) is 27.2 Å². The van der Waals surface area contributed by atoms with E-state index in [4.69, 9.17) is 4.74 Å². The predicted octanol–water partition coefficient (Wildman–Crippen LogP) is 1.63. The van der Waals surface area contributed by atoms with Gasteiger partial charge in [0.1, 0.15) is 11.8 Å². The highest BCUT2D eigenvalue weighted by Gasteiger charge is 2.24. The molecule has 2 atom stereocenters. The summed E-state index contributed by atoms with van der Waals surface area (Å²) < 4.78 is 18.0. The molecule has 0 aromatic heterocycles. The van der Waals surface area contributed by atoms with E-state index in [0.717, 1.165) is 0 Å². The van der Waals surface area contributed by atoms with E-state index in [1.807, 2.05) is 0 Å². The number of halogens is 2. The van der Waals surface area contributed by atoms with Crippen LogP contribution in [-0.4, -0.2) is 37.0 Å². The molecule has 96 valence electrons. The van der Waals surface area contributed by atoms with Crippen LogP contribution in [0.15, 0.2) is 0 Å². The third-order valence-electron chi connectivity index (χ3n) is 2.02. The quantitative estimate of drug-likeness (QED) is 0.748. The molecule has 0 radical (unpaired) electrons. The van der Waals surface area contributed by atoms with E-state index in [9.17, 15) is 9.18 Å². The van der Waals surface area contributed by atoms with E-state index < -0.39 is 17.9 Å². The van der Waals surface area contributed by atoms with Crippen LogP contribution in [0.2, 0.25) is 0 Å². The summed E-state index contributed by atoms with van der Waals surface area (Å²) in [7, 11) is 0. The van der Waals surface area contributed by atoms with Crippen LogP contribution >= 0.6 is 12.4 Å². The van der Waals surface area contributed by atoms with Crippen molar-refractivity contribution in [1.82, 2.24) is 10.6 Å². The topological polar surface area (TPSA) is 50.4 Å². The van der Waals surface area contributed by atoms with E-state index in [-0.39, 0.29) is 18.4 Å². The molecule has 2 unspecified atom stereocenters. The summed E-state index contributed by atoms with van der Waals surface area (Å²) in [5.74, 6) is 0. The van der Waals surface area contributed by atoms with Crippen molar-refractivity contribution in [2.45, 2.75) is 45.0 Å². The molecule has 1 rings (SSSR count). The number of carbonyl (C=O) groups is 1. The molecule has 1 aliphatic rings.